The summed E-state index contributed by atoms with van der Waals surface area (Å²) in [5.74, 6) is -1.91. The smallest absolute Gasteiger partial charge is 0.339 e. The summed E-state index contributed by atoms with van der Waals surface area (Å²) in [5.41, 5.74) is 10.1. The van der Waals surface area contributed by atoms with E-state index >= 15 is 0 Å². The van der Waals surface area contributed by atoms with Crippen molar-refractivity contribution < 1.29 is 19.5 Å². The molecule has 0 radical (unpaired) electrons. The van der Waals surface area contributed by atoms with Crippen LogP contribution >= 0.6 is 0 Å². The van der Waals surface area contributed by atoms with Crippen LogP contribution in [0.4, 0.5) is 11.4 Å². The number of hydrogen-bond donors (Lipinski definition) is 5. The van der Waals surface area contributed by atoms with E-state index in [4.69, 9.17) is 16.6 Å². The predicted molar refractivity (Wildman–Crippen MR) is 101 cm³/mol. The number of nitrogens with two attached hydrogens (primary N) is 2. The molecule has 2 rings (SSSR count). The van der Waals surface area contributed by atoms with Crippen LogP contribution in [0.2, 0.25) is 0 Å². The molecule has 9 nitrogen and oxygen atoms in total. The number of anilines is 2. The van der Waals surface area contributed by atoms with Crippen LogP contribution < -0.4 is 22.1 Å². The molecule has 0 spiro atoms. The zero-order chi connectivity index (χ0) is 20.2. The van der Waals surface area contributed by atoms with E-state index in [1.165, 1.54) is 6.20 Å². The standard InChI is InChI=1S/C18H27N5O4/c1-17(2,23-16(27)18(20)6-4-3-5-7-18)8-13(24)22-12-10-21-9-11(14(12)19)15(25)26/h9-10H,3-8,20H2,1-2H3,(H2,19,21)(H,22,24)(H,23,27)(H,25,26). The van der Waals surface area contributed by atoms with Gasteiger partial charge in [0, 0.05) is 18.2 Å². The maximum atomic E-state index is 12.6. The van der Waals surface area contributed by atoms with Gasteiger partial charge in [-0.1, -0.05) is 19.3 Å². The fourth-order valence-electron chi connectivity index (χ4n) is 3.22. The fourth-order valence-corrected chi connectivity index (χ4v) is 3.22. The van der Waals surface area contributed by atoms with Gasteiger partial charge in [0.15, 0.2) is 0 Å². The summed E-state index contributed by atoms with van der Waals surface area (Å²) in [6.07, 6.45) is 6.52. The molecule has 2 amide bonds. The molecule has 0 saturated heterocycles. The molecule has 7 N–H and O–H groups in total. The number of carbonyl (C=O) groups excluding carboxylic acids is 2. The first-order valence-corrected chi connectivity index (χ1v) is 8.92. The van der Waals surface area contributed by atoms with Crippen molar-refractivity contribution >= 4 is 29.2 Å². The zero-order valence-electron chi connectivity index (χ0n) is 15.7. The third kappa shape index (κ3) is 5.16. The molecule has 27 heavy (non-hydrogen) atoms. The number of nitrogens with zero attached hydrogens (tertiary/aromatic N) is 1. The average Bonchev–Trinajstić information content (AvgIpc) is 2.56. The maximum Gasteiger partial charge on any atom is 0.339 e. The van der Waals surface area contributed by atoms with E-state index in [1.807, 2.05) is 0 Å². The van der Waals surface area contributed by atoms with Crippen LogP contribution in [0.1, 0.15) is 62.7 Å². The van der Waals surface area contributed by atoms with Crippen LogP contribution in [0.5, 0.6) is 0 Å². The molecule has 1 fully saturated rings. The minimum absolute atomic E-state index is 0.0362. The van der Waals surface area contributed by atoms with Crippen LogP contribution in [0, 0.1) is 0 Å². The maximum absolute atomic E-state index is 12.6. The van der Waals surface area contributed by atoms with Crippen molar-refractivity contribution in [3.05, 3.63) is 18.0 Å². The lowest BCUT2D eigenvalue weighted by atomic mass is 9.81. The highest BCUT2D eigenvalue weighted by Gasteiger charge is 2.38. The summed E-state index contributed by atoms with van der Waals surface area (Å²) in [6, 6.07) is 0. The first kappa shape index (κ1) is 20.6. The molecule has 9 heteroatoms. The summed E-state index contributed by atoms with van der Waals surface area (Å²) in [4.78, 5) is 39.8. The van der Waals surface area contributed by atoms with E-state index in [9.17, 15) is 14.4 Å². The van der Waals surface area contributed by atoms with Gasteiger partial charge in [-0.3, -0.25) is 14.6 Å². The van der Waals surface area contributed by atoms with Gasteiger partial charge in [-0.15, -0.1) is 0 Å². The molecule has 1 saturated carbocycles. The number of nitrogen functional groups attached to an aromatic ring is 1. The van der Waals surface area contributed by atoms with Gasteiger partial charge in [-0.05, 0) is 26.7 Å². The van der Waals surface area contributed by atoms with Gasteiger partial charge < -0.3 is 27.2 Å². The SMILES string of the molecule is CC(C)(CC(=O)Nc1cncc(C(=O)O)c1N)NC(=O)C1(N)CCCCC1. The molecule has 0 aliphatic heterocycles. The van der Waals surface area contributed by atoms with Crippen molar-refractivity contribution in [2.75, 3.05) is 11.1 Å². The Hall–Kier alpha value is -2.68. The summed E-state index contributed by atoms with van der Waals surface area (Å²) in [6.45, 7) is 3.46. The van der Waals surface area contributed by atoms with Gasteiger partial charge in [0.2, 0.25) is 11.8 Å². The Morgan fingerprint density at radius 3 is 2.44 bits per heavy atom. The van der Waals surface area contributed by atoms with Crippen LogP contribution in [0.3, 0.4) is 0 Å². The van der Waals surface area contributed by atoms with Crippen LogP contribution in [-0.2, 0) is 9.59 Å². The third-order valence-electron chi connectivity index (χ3n) is 4.74. The lowest BCUT2D eigenvalue weighted by Crippen LogP contribution is -2.60. The molecule has 1 heterocycles. The topological polar surface area (TPSA) is 160 Å². The molecule has 1 aromatic heterocycles. The molecule has 0 aromatic carbocycles. The van der Waals surface area contributed by atoms with Crippen molar-refractivity contribution in [2.45, 2.75) is 63.5 Å². The summed E-state index contributed by atoms with van der Waals surface area (Å²) in [7, 11) is 0. The minimum Gasteiger partial charge on any atom is -0.478 e. The van der Waals surface area contributed by atoms with Gasteiger partial charge in [0.25, 0.3) is 0 Å². The Morgan fingerprint density at radius 1 is 1.22 bits per heavy atom. The molecule has 1 aliphatic rings. The first-order chi connectivity index (χ1) is 12.5. The van der Waals surface area contributed by atoms with Gasteiger partial charge in [0.05, 0.1) is 23.1 Å². The molecule has 0 bridgehead atoms. The average molecular weight is 377 g/mol. The van der Waals surface area contributed by atoms with E-state index in [0.29, 0.717) is 12.8 Å². The minimum atomic E-state index is -1.23. The number of hydrogen-bond acceptors (Lipinski definition) is 6. The van der Waals surface area contributed by atoms with Crippen molar-refractivity contribution in [2.24, 2.45) is 5.73 Å². The largest absolute Gasteiger partial charge is 0.478 e. The summed E-state index contributed by atoms with van der Waals surface area (Å²) < 4.78 is 0. The Balaban J connectivity index is 2.01. The Morgan fingerprint density at radius 2 is 1.85 bits per heavy atom. The molecule has 0 atom stereocenters. The lowest BCUT2D eigenvalue weighted by molar-refractivity contribution is -0.129. The number of aromatic nitrogens is 1. The van der Waals surface area contributed by atoms with Crippen molar-refractivity contribution in [3.63, 3.8) is 0 Å². The molecule has 1 aliphatic carbocycles. The summed E-state index contributed by atoms with van der Waals surface area (Å²) in [5, 5.41) is 14.5. The van der Waals surface area contributed by atoms with E-state index in [-0.39, 0.29) is 29.3 Å². The highest BCUT2D eigenvalue weighted by Crippen LogP contribution is 2.27. The van der Waals surface area contributed by atoms with E-state index in [1.54, 1.807) is 13.8 Å². The highest BCUT2D eigenvalue weighted by atomic mass is 16.4. The molecule has 1 aromatic rings. The van der Waals surface area contributed by atoms with Crippen molar-refractivity contribution in [1.29, 1.82) is 0 Å². The third-order valence-corrected chi connectivity index (χ3v) is 4.74. The number of carboxylic acid groups (broad SMARTS) is 1. The number of carbonyl (C=O) groups is 3. The van der Waals surface area contributed by atoms with Gasteiger partial charge in [-0.2, -0.15) is 0 Å². The Kier molecular flexibility index (Phi) is 6.04. The van der Waals surface area contributed by atoms with Crippen LogP contribution in [0.25, 0.3) is 0 Å². The normalized spacial score (nSPS) is 16.4. The number of amides is 2. The Bertz CT molecular complexity index is 741. The van der Waals surface area contributed by atoms with Crippen molar-refractivity contribution in [1.82, 2.24) is 10.3 Å². The molecular weight excluding hydrogens is 350 g/mol. The summed E-state index contributed by atoms with van der Waals surface area (Å²) >= 11 is 0. The zero-order valence-corrected chi connectivity index (χ0v) is 15.7. The van der Waals surface area contributed by atoms with Crippen LogP contribution in [-0.4, -0.2) is 39.0 Å². The van der Waals surface area contributed by atoms with Crippen LogP contribution in [0.15, 0.2) is 12.4 Å². The number of pyridine rings is 1. The number of carboxylic acids is 1. The number of nitrogens with one attached hydrogen (secondary N) is 2. The molecular formula is C18H27N5O4. The second-order valence-electron chi connectivity index (χ2n) is 7.73. The second-order valence-corrected chi connectivity index (χ2v) is 7.73. The van der Waals surface area contributed by atoms with Crippen molar-refractivity contribution in [3.8, 4) is 0 Å². The van der Waals surface area contributed by atoms with Gasteiger partial charge in [0.1, 0.15) is 5.56 Å². The Labute approximate surface area is 157 Å². The monoisotopic (exact) mass is 377 g/mol. The molecule has 0 unspecified atom stereocenters. The van der Waals surface area contributed by atoms with E-state index in [0.717, 1.165) is 25.5 Å². The van der Waals surface area contributed by atoms with Gasteiger partial charge >= 0.3 is 5.97 Å². The van der Waals surface area contributed by atoms with E-state index < -0.39 is 23.0 Å². The first-order valence-electron chi connectivity index (χ1n) is 8.92. The number of rotatable bonds is 6. The van der Waals surface area contributed by atoms with E-state index in [2.05, 4.69) is 15.6 Å². The number of aromatic carboxylic acids is 1. The highest BCUT2D eigenvalue weighted by molar-refractivity contribution is 6.01. The molecule has 148 valence electrons. The lowest BCUT2D eigenvalue weighted by Gasteiger charge is -2.36. The second kappa shape index (κ2) is 7.91. The fraction of sp³-hybridized carbons (Fsp3) is 0.556. The predicted octanol–water partition coefficient (Wildman–Crippen LogP) is 1.25. The van der Waals surface area contributed by atoms with Gasteiger partial charge in [-0.25, -0.2) is 4.79 Å². The quantitative estimate of drug-likeness (QED) is 0.498.